The van der Waals surface area contributed by atoms with Gasteiger partial charge in [-0.05, 0) is 19.1 Å². The molecule has 0 aliphatic carbocycles. The maximum atomic E-state index is 12.7. The zero-order valence-corrected chi connectivity index (χ0v) is 12.8. The smallest absolute Gasteiger partial charge is 0.273 e. The fourth-order valence-electron chi connectivity index (χ4n) is 2.06. The van der Waals surface area contributed by atoms with E-state index in [1.54, 1.807) is 6.92 Å². The predicted molar refractivity (Wildman–Crippen MR) is 87.5 cm³/mol. The number of hydrazine groups is 1. The van der Waals surface area contributed by atoms with Crippen molar-refractivity contribution in [3.8, 4) is 11.4 Å². The number of hydrogen-bond acceptors (Lipinski definition) is 5. The monoisotopic (exact) mass is 323 g/mol. The van der Waals surface area contributed by atoms with Crippen LogP contribution in [0.1, 0.15) is 16.1 Å². The van der Waals surface area contributed by atoms with Gasteiger partial charge in [-0.2, -0.15) is 4.39 Å². The van der Waals surface area contributed by atoms with Gasteiger partial charge in [0.2, 0.25) is 5.95 Å². The molecule has 3 aromatic rings. The Balaban J connectivity index is 1.72. The van der Waals surface area contributed by atoms with E-state index in [1.807, 2.05) is 30.3 Å². The summed E-state index contributed by atoms with van der Waals surface area (Å²) in [6.45, 7) is 1.74. The van der Waals surface area contributed by atoms with Crippen LogP contribution in [-0.2, 0) is 0 Å². The first-order valence-electron chi connectivity index (χ1n) is 7.20. The fourth-order valence-corrected chi connectivity index (χ4v) is 2.06. The minimum atomic E-state index is -0.590. The topological polar surface area (TPSA) is 79.8 Å². The van der Waals surface area contributed by atoms with Crippen LogP contribution in [0.25, 0.3) is 11.4 Å². The summed E-state index contributed by atoms with van der Waals surface area (Å²) in [4.78, 5) is 24.3. The van der Waals surface area contributed by atoms with Crippen LogP contribution in [0.5, 0.6) is 0 Å². The number of anilines is 1. The number of aryl methyl sites for hydroxylation is 1. The Morgan fingerprint density at radius 3 is 2.50 bits per heavy atom. The van der Waals surface area contributed by atoms with Crippen molar-refractivity contribution in [2.75, 3.05) is 5.43 Å². The van der Waals surface area contributed by atoms with E-state index in [0.717, 1.165) is 5.56 Å². The molecular formula is C17H14FN5O. The molecule has 0 atom stereocenters. The second-order valence-electron chi connectivity index (χ2n) is 5.01. The molecule has 1 aromatic carbocycles. The maximum absolute atomic E-state index is 12.7. The fraction of sp³-hybridized carbons (Fsp3) is 0.0588. The molecule has 6 nitrogen and oxygen atoms in total. The lowest BCUT2D eigenvalue weighted by Gasteiger charge is -2.10. The highest BCUT2D eigenvalue weighted by Gasteiger charge is 2.12. The molecular weight excluding hydrogens is 309 g/mol. The molecule has 0 saturated carbocycles. The van der Waals surface area contributed by atoms with Gasteiger partial charge < -0.3 is 0 Å². The Labute approximate surface area is 137 Å². The van der Waals surface area contributed by atoms with Crippen LogP contribution in [0.15, 0.2) is 54.9 Å². The lowest BCUT2D eigenvalue weighted by Crippen LogP contribution is -2.30. The Morgan fingerprint density at radius 1 is 1.04 bits per heavy atom. The molecule has 0 unspecified atom stereocenters. The number of nitrogens with one attached hydrogen (secondary N) is 2. The average Bonchev–Trinajstić information content (AvgIpc) is 2.61. The SMILES string of the molecule is Cc1nc(-c2ccccc2)ncc1C(=O)NNc1ccc(F)nc1. The lowest BCUT2D eigenvalue weighted by molar-refractivity contribution is 0.0961. The summed E-state index contributed by atoms with van der Waals surface area (Å²) < 4.78 is 12.7. The number of pyridine rings is 1. The standard InChI is InChI=1S/C17H14FN5O/c1-11-14(10-20-16(21-11)12-5-3-2-4-6-12)17(24)23-22-13-7-8-15(18)19-9-13/h2-10,22H,1H3,(H,23,24). The third-order valence-electron chi connectivity index (χ3n) is 3.30. The number of carbonyl (C=O) groups excluding carboxylic acids is 1. The van der Waals surface area contributed by atoms with Gasteiger partial charge in [0.15, 0.2) is 5.82 Å². The Morgan fingerprint density at radius 2 is 1.83 bits per heavy atom. The Hall–Kier alpha value is -3.35. The van der Waals surface area contributed by atoms with E-state index in [9.17, 15) is 9.18 Å². The maximum Gasteiger partial charge on any atom is 0.273 e. The molecule has 1 amide bonds. The average molecular weight is 323 g/mol. The molecule has 0 aliphatic heterocycles. The number of benzene rings is 1. The Kier molecular flexibility index (Phi) is 4.42. The molecule has 7 heteroatoms. The Bertz CT molecular complexity index is 853. The van der Waals surface area contributed by atoms with Crippen molar-refractivity contribution in [3.05, 3.63) is 72.1 Å². The number of aromatic nitrogens is 3. The molecule has 0 saturated heterocycles. The van der Waals surface area contributed by atoms with Crippen molar-refractivity contribution >= 4 is 11.6 Å². The zero-order valence-electron chi connectivity index (χ0n) is 12.8. The third kappa shape index (κ3) is 3.52. The van der Waals surface area contributed by atoms with Crippen LogP contribution in [-0.4, -0.2) is 20.9 Å². The van der Waals surface area contributed by atoms with Crippen molar-refractivity contribution in [2.24, 2.45) is 0 Å². The van der Waals surface area contributed by atoms with Gasteiger partial charge in [-0.3, -0.25) is 15.6 Å². The first kappa shape index (κ1) is 15.5. The number of hydrogen-bond donors (Lipinski definition) is 2. The van der Waals surface area contributed by atoms with Crippen molar-refractivity contribution < 1.29 is 9.18 Å². The van der Waals surface area contributed by atoms with Gasteiger partial charge in [0.05, 0.1) is 23.1 Å². The van der Waals surface area contributed by atoms with E-state index in [2.05, 4.69) is 25.8 Å². The van der Waals surface area contributed by atoms with Gasteiger partial charge in [-0.1, -0.05) is 30.3 Å². The van der Waals surface area contributed by atoms with Gasteiger partial charge in [0.1, 0.15) is 0 Å². The van der Waals surface area contributed by atoms with Crippen molar-refractivity contribution in [1.82, 2.24) is 20.4 Å². The molecule has 24 heavy (non-hydrogen) atoms. The van der Waals surface area contributed by atoms with Crippen LogP contribution >= 0.6 is 0 Å². The van der Waals surface area contributed by atoms with Gasteiger partial charge in [0.25, 0.3) is 5.91 Å². The zero-order chi connectivity index (χ0) is 16.9. The summed E-state index contributed by atoms with van der Waals surface area (Å²) in [6.07, 6.45) is 2.75. The molecule has 2 N–H and O–H groups in total. The van der Waals surface area contributed by atoms with E-state index < -0.39 is 11.9 Å². The minimum Gasteiger partial charge on any atom is -0.297 e. The van der Waals surface area contributed by atoms with E-state index >= 15 is 0 Å². The molecule has 2 aromatic heterocycles. The normalized spacial score (nSPS) is 10.2. The third-order valence-corrected chi connectivity index (χ3v) is 3.30. The van der Waals surface area contributed by atoms with Crippen LogP contribution in [0.2, 0.25) is 0 Å². The molecule has 2 heterocycles. The first-order valence-corrected chi connectivity index (χ1v) is 7.20. The molecule has 120 valence electrons. The second-order valence-corrected chi connectivity index (χ2v) is 5.01. The number of amides is 1. The summed E-state index contributed by atoms with van der Waals surface area (Å²) in [5.41, 5.74) is 7.40. The number of halogens is 1. The largest absolute Gasteiger partial charge is 0.297 e. The van der Waals surface area contributed by atoms with Crippen LogP contribution in [0, 0.1) is 12.9 Å². The molecule has 0 bridgehead atoms. The molecule has 0 spiro atoms. The summed E-state index contributed by atoms with van der Waals surface area (Å²) in [7, 11) is 0. The summed E-state index contributed by atoms with van der Waals surface area (Å²) >= 11 is 0. The number of carbonyl (C=O) groups is 1. The van der Waals surface area contributed by atoms with Gasteiger partial charge in [-0.15, -0.1) is 0 Å². The van der Waals surface area contributed by atoms with Crippen molar-refractivity contribution in [2.45, 2.75) is 6.92 Å². The number of rotatable bonds is 4. The highest BCUT2D eigenvalue weighted by Crippen LogP contribution is 2.15. The molecule has 0 fully saturated rings. The molecule has 0 aliphatic rings. The molecule has 0 radical (unpaired) electrons. The van der Waals surface area contributed by atoms with Gasteiger partial charge in [-0.25, -0.2) is 15.0 Å². The van der Waals surface area contributed by atoms with E-state index in [0.29, 0.717) is 22.8 Å². The second kappa shape index (κ2) is 6.82. The van der Waals surface area contributed by atoms with Crippen molar-refractivity contribution in [1.29, 1.82) is 0 Å². The molecule has 3 rings (SSSR count). The number of nitrogens with zero attached hydrogens (tertiary/aromatic N) is 3. The van der Waals surface area contributed by atoms with Crippen LogP contribution in [0.3, 0.4) is 0 Å². The van der Waals surface area contributed by atoms with Crippen LogP contribution < -0.4 is 10.9 Å². The van der Waals surface area contributed by atoms with Crippen LogP contribution in [0.4, 0.5) is 10.1 Å². The highest BCUT2D eigenvalue weighted by atomic mass is 19.1. The van der Waals surface area contributed by atoms with Crippen molar-refractivity contribution in [3.63, 3.8) is 0 Å². The lowest BCUT2D eigenvalue weighted by atomic mass is 10.2. The summed E-state index contributed by atoms with van der Waals surface area (Å²) in [6, 6.07) is 12.2. The first-order chi connectivity index (χ1) is 11.6. The predicted octanol–water partition coefficient (Wildman–Crippen LogP) is 2.74. The van der Waals surface area contributed by atoms with E-state index in [-0.39, 0.29) is 0 Å². The van der Waals surface area contributed by atoms with Gasteiger partial charge >= 0.3 is 0 Å². The quantitative estimate of drug-likeness (QED) is 0.570. The summed E-state index contributed by atoms with van der Waals surface area (Å²) in [5.74, 6) is -0.426. The minimum absolute atomic E-state index is 0.345. The van der Waals surface area contributed by atoms with Gasteiger partial charge in [0, 0.05) is 11.8 Å². The summed E-state index contributed by atoms with van der Waals surface area (Å²) in [5, 5.41) is 0. The van der Waals surface area contributed by atoms with E-state index in [4.69, 9.17) is 0 Å². The van der Waals surface area contributed by atoms with E-state index in [1.165, 1.54) is 24.5 Å². The highest BCUT2D eigenvalue weighted by molar-refractivity contribution is 5.95.